The molecule has 1 aromatic heterocycles. The molecule has 0 spiro atoms. The zero-order chi connectivity index (χ0) is 12.1. The molecule has 0 saturated heterocycles. The van der Waals surface area contributed by atoms with Gasteiger partial charge in [0.1, 0.15) is 0 Å². The number of aromatic nitrogens is 1. The van der Waals surface area contributed by atoms with Crippen LogP contribution in [-0.4, -0.2) is 23.9 Å². The Hall–Kier alpha value is -1.66. The van der Waals surface area contributed by atoms with Crippen LogP contribution in [0.4, 0.5) is 0 Å². The second-order valence-electron chi connectivity index (χ2n) is 4.27. The highest BCUT2D eigenvalue weighted by Gasteiger charge is 2.26. The lowest BCUT2D eigenvalue weighted by Gasteiger charge is -2.23. The topological polar surface area (TPSA) is 42.0 Å². The van der Waals surface area contributed by atoms with E-state index >= 15 is 0 Å². The number of fused-ring (bicyclic) bond motifs is 1. The van der Waals surface area contributed by atoms with Crippen LogP contribution in [-0.2, 0) is 11.2 Å². The van der Waals surface area contributed by atoms with E-state index in [9.17, 15) is 4.79 Å². The standard InChI is InChI=1S/C14H16N2O/c1-2-8-15-10-13(17)12-7-3-5-11-6-4-9-16-14(11)12/h1,4,6,9,12,15H,3,5,7-8,10H2. The third-order valence-electron chi connectivity index (χ3n) is 3.11. The molecule has 1 N–H and O–H groups in total. The van der Waals surface area contributed by atoms with E-state index in [-0.39, 0.29) is 11.7 Å². The van der Waals surface area contributed by atoms with Gasteiger partial charge in [0, 0.05) is 6.20 Å². The van der Waals surface area contributed by atoms with E-state index in [1.165, 1.54) is 5.56 Å². The molecule has 1 aliphatic rings. The summed E-state index contributed by atoms with van der Waals surface area (Å²) in [6, 6.07) is 4.00. The van der Waals surface area contributed by atoms with Crippen molar-refractivity contribution in [2.45, 2.75) is 25.2 Å². The molecule has 0 aromatic carbocycles. The number of carbonyl (C=O) groups is 1. The number of nitrogens with one attached hydrogen (secondary N) is 1. The SMILES string of the molecule is C#CCNCC(=O)C1CCCc2cccnc21. The number of aryl methyl sites for hydroxylation is 1. The molecule has 88 valence electrons. The Morgan fingerprint density at radius 2 is 2.53 bits per heavy atom. The van der Waals surface area contributed by atoms with Gasteiger partial charge in [0.2, 0.25) is 0 Å². The van der Waals surface area contributed by atoms with Gasteiger partial charge in [-0.1, -0.05) is 12.0 Å². The third kappa shape index (κ3) is 2.72. The zero-order valence-corrected chi connectivity index (χ0v) is 9.78. The lowest BCUT2D eigenvalue weighted by Crippen LogP contribution is -2.30. The largest absolute Gasteiger partial charge is 0.299 e. The number of pyridine rings is 1. The van der Waals surface area contributed by atoms with Crippen molar-refractivity contribution in [3.05, 3.63) is 29.6 Å². The van der Waals surface area contributed by atoms with Gasteiger partial charge < -0.3 is 0 Å². The van der Waals surface area contributed by atoms with Crippen molar-refractivity contribution in [3.63, 3.8) is 0 Å². The first-order valence-corrected chi connectivity index (χ1v) is 5.93. The fourth-order valence-corrected chi connectivity index (χ4v) is 2.30. The van der Waals surface area contributed by atoms with Gasteiger partial charge in [-0.2, -0.15) is 0 Å². The number of nitrogens with zero attached hydrogens (tertiary/aromatic N) is 1. The molecule has 0 bridgehead atoms. The van der Waals surface area contributed by atoms with Crippen LogP contribution in [0.2, 0.25) is 0 Å². The molecule has 0 aliphatic heterocycles. The van der Waals surface area contributed by atoms with E-state index in [0.717, 1.165) is 25.0 Å². The van der Waals surface area contributed by atoms with E-state index in [2.05, 4.69) is 22.3 Å². The number of carbonyl (C=O) groups excluding carboxylic acids is 1. The predicted molar refractivity (Wildman–Crippen MR) is 66.6 cm³/mol. The number of Topliss-reactive ketones (excluding diaryl/α,β-unsaturated/α-hetero) is 1. The minimum absolute atomic E-state index is 0.0507. The Morgan fingerprint density at radius 1 is 1.65 bits per heavy atom. The first-order chi connectivity index (χ1) is 8.33. The minimum atomic E-state index is -0.0507. The lowest BCUT2D eigenvalue weighted by atomic mass is 9.84. The molecule has 0 radical (unpaired) electrons. The second kappa shape index (κ2) is 5.60. The van der Waals surface area contributed by atoms with Crippen LogP contribution in [0.1, 0.15) is 30.0 Å². The molecule has 0 fully saturated rings. The number of rotatable bonds is 4. The molecular weight excluding hydrogens is 212 g/mol. The van der Waals surface area contributed by atoms with Gasteiger partial charge in [0.05, 0.1) is 24.7 Å². The highest BCUT2D eigenvalue weighted by atomic mass is 16.1. The molecule has 0 saturated carbocycles. The zero-order valence-electron chi connectivity index (χ0n) is 9.78. The normalized spacial score (nSPS) is 18.2. The van der Waals surface area contributed by atoms with Crippen LogP contribution >= 0.6 is 0 Å². The maximum absolute atomic E-state index is 12.1. The maximum atomic E-state index is 12.1. The van der Waals surface area contributed by atoms with Crippen LogP contribution in [0.15, 0.2) is 18.3 Å². The third-order valence-corrected chi connectivity index (χ3v) is 3.11. The van der Waals surface area contributed by atoms with Crippen molar-refractivity contribution in [1.29, 1.82) is 0 Å². The average Bonchev–Trinajstić information content (AvgIpc) is 2.38. The van der Waals surface area contributed by atoms with Gasteiger partial charge >= 0.3 is 0 Å². The molecule has 1 aromatic rings. The summed E-state index contributed by atoms with van der Waals surface area (Å²) in [6.07, 6.45) is 9.89. The second-order valence-corrected chi connectivity index (χ2v) is 4.27. The molecule has 0 amide bonds. The summed E-state index contributed by atoms with van der Waals surface area (Å²) in [5.74, 6) is 2.61. The molecule has 1 atom stereocenters. The molecular formula is C14H16N2O. The minimum Gasteiger partial charge on any atom is -0.299 e. The Morgan fingerprint density at radius 3 is 3.35 bits per heavy atom. The molecule has 3 nitrogen and oxygen atoms in total. The Bertz CT molecular complexity index is 448. The number of terminal acetylenes is 1. The molecule has 1 unspecified atom stereocenters. The van der Waals surface area contributed by atoms with Crippen LogP contribution in [0, 0.1) is 12.3 Å². The van der Waals surface area contributed by atoms with Crippen LogP contribution in [0.25, 0.3) is 0 Å². The summed E-state index contributed by atoms with van der Waals surface area (Å²) in [6.45, 7) is 0.776. The highest BCUT2D eigenvalue weighted by molar-refractivity contribution is 5.87. The van der Waals surface area contributed by atoms with Gasteiger partial charge in [-0.15, -0.1) is 6.42 Å². The number of hydrogen-bond donors (Lipinski definition) is 1. The Balaban J connectivity index is 2.08. The Kier molecular flexibility index (Phi) is 3.89. The summed E-state index contributed by atoms with van der Waals surface area (Å²) < 4.78 is 0. The monoisotopic (exact) mass is 228 g/mol. The van der Waals surface area contributed by atoms with Gasteiger partial charge in [-0.25, -0.2) is 0 Å². The van der Waals surface area contributed by atoms with E-state index in [1.54, 1.807) is 6.20 Å². The molecule has 1 aliphatic carbocycles. The van der Waals surface area contributed by atoms with Gasteiger partial charge in [0.15, 0.2) is 5.78 Å². The summed E-state index contributed by atoms with van der Waals surface area (Å²) in [5.41, 5.74) is 2.18. The van der Waals surface area contributed by atoms with Crippen molar-refractivity contribution in [2.75, 3.05) is 13.1 Å². The summed E-state index contributed by atoms with van der Waals surface area (Å²) in [7, 11) is 0. The van der Waals surface area contributed by atoms with Crippen molar-refractivity contribution < 1.29 is 4.79 Å². The van der Waals surface area contributed by atoms with Gasteiger partial charge in [0.25, 0.3) is 0 Å². The fourth-order valence-electron chi connectivity index (χ4n) is 2.30. The molecule has 17 heavy (non-hydrogen) atoms. The first kappa shape index (κ1) is 11.8. The van der Waals surface area contributed by atoms with E-state index in [1.807, 2.05) is 6.07 Å². The highest BCUT2D eigenvalue weighted by Crippen LogP contribution is 2.30. The summed E-state index contributed by atoms with van der Waals surface area (Å²) >= 11 is 0. The molecule has 3 heteroatoms. The first-order valence-electron chi connectivity index (χ1n) is 5.93. The van der Waals surface area contributed by atoms with Crippen LogP contribution in [0.3, 0.4) is 0 Å². The Labute approximate surface area is 102 Å². The van der Waals surface area contributed by atoms with E-state index in [0.29, 0.717) is 13.1 Å². The van der Waals surface area contributed by atoms with Crippen molar-refractivity contribution in [3.8, 4) is 12.3 Å². The van der Waals surface area contributed by atoms with Crippen LogP contribution in [0.5, 0.6) is 0 Å². The quantitative estimate of drug-likeness (QED) is 0.624. The van der Waals surface area contributed by atoms with E-state index in [4.69, 9.17) is 6.42 Å². The summed E-state index contributed by atoms with van der Waals surface area (Å²) in [4.78, 5) is 16.4. The number of hydrogen-bond acceptors (Lipinski definition) is 3. The van der Waals surface area contributed by atoms with Crippen molar-refractivity contribution >= 4 is 5.78 Å². The fraction of sp³-hybridized carbons (Fsp3) is 0.429. The molecule has 2 rings (SSSR count). The summed E-state index contributed by atoms with van der Waals surface area (Å²) in [5, 5.41) is 2.95. The maximum Gasteiger partial charge on any atom is 0.155 e. The smallest absolute Gasteiger partial charge is 0.155 e. The van der Waals surface area contributed by atoms with Gasteiger partial charge in [-0.3, -0.25) is 15.1 Å². The van der Waals surface area contributed by atoms with Crippen molar-refractivity contribution in [2.24, 2.45) is 0 Å². The predicted octanol–water partition coefficient (Wildman–Crippen LogP) is 1.29. The molecule has 1 heterocycles. The average molecular weight is 228 g/mol. The van der Waals surface area contributed by atoms with Crippen molar-refractivity contribution in [1.82, 2.24) is 10.3 Å². The van der Waals surface area contributed by atoms with E-state index < -0.39 is 0 Å². The lowest BCUT2D eigenvalue weighted by molar-refractivity contribution is -0.120. The van der Waals surface area contributed by atoms with Crippen LogP contribution < -0.4 is 5.32 Å². The van der Waals surface area contributed by atoms with Gasteiger partial charge in [-0.05, 0) is 30.9 Å². The number of ketones is 1.